The third-order valence-corrected chi connectivity index (χ3v) is 4.07. The molecule has 2 unspecified atom stereocenters. The monoisotopic (exact) mass is 291 g/mol. The maximum atomic E-state index is 12.2. The van der Waals surface area contributed by atoms with Gasteiger partial charge in [-0.05, 0) is 43.5 Å². The Morgan fingerprint density at radius 3 is 3.05 bits per heavy atom. The molecule has 0 spiro atoms. The summed E-state index contributed by atoms with van der Waals surface area (Å²) >= 11 is 6.06. The molecule has 1 fully saturated rings. The highest BCUT2D eigenvalue weighted by Gasteiger charge is 2.26. The van der Waals surface area contributed by atoms with E-state index in [1.807, 2.05) is 6.07 Å². The van der Waals surface area contributed by atoms with Crippen molar-refractivity contribution in [2.45, 2.75) is 32.2 Å². The van der Waals surface area contributed by atoms with E-state index in [2.05, 4.69) is 17.6 Å². The number of benzene rings is 1. The summed E-state index contributed by atoms with van der Waals surface area (Å²) in [5, 5.41) is 15.2. The number of hydrogen-bond donors (Lipinski definition) is 2. The van der Waals surface area contributed by atoms with Crippen LogP contribution in [0.4, 0.5) is 5.69 Å². The Kier molecular flexibility index (Phi) is 4.99. The van der Waals surface area contributed by atoms with Crippen molar-refractivity contribution in [2.75, 3.05) is 11.9 Å². The van der Waals surface area contributed by atoms with E-state index >= 15 is 0 Å². The van der Waals surface area contributed by atoms with Gasteiger partial charge in [0, 0.05) is 0 Å². The van der Waals surface area contributed by atoms with E-state index in [0.717, 1.165) is 25.8 Å². The van der Waals surface area contributed by atoms with E-state index in [9.17, 15) is 4.79 Å². The maximum absolute atomic E-state index is 12.2. The Bertz CT molecular complexity index is 538. The third kappa shape index (κ3) is 3.50. The number of rotatable bonds is 3. The second kappa shape index (κ2) is 6.74. The number of halogens is 1. The summed E-state index contributed by atoms with van der Waals surface area (Å²) in [6, 6.07) is 6.71. The third-order valence-electron chi connectivity index (χ3n) is 3.76. The molecule has 106 valence electrons. The fourth-order valence-corrected chi connectivity index (χ4v) is 2.70. The van der Waals surface area contributed by atoms with E-state index in [1.54, 1.807) is 18.2 Å². The van der Waals surface area contributed by atoms with Gasteiger partial charge in [0.2, 0.25) is 5.91 Å². The van der Waals surface area contributed by atoms with Crippen LogP contribution in [0.2, 0.25) is 5.02 Å². The number of piperidine rings is 1. The van der Waals surface area contributed by atoms with Crippen molar-refractivity contribution < 1.29 is 4.79 Å². The molecule has 1 saturated heterocycles. The molecule has 0 radical (unpaired) electrons. The minimum absolute atomic E-state index is 0.0604. The number of nitrogens with zero attached hydrogens (tertiary/aromatic N) is 1. The second-order valence-electron chi connectivity index (χ2n) is 5.10. The molecule has 0 aliphatic carbocycles. The first-order valence-corrected chi connectivity index (χ1v) is 7.25. The van der Waals surface area contributed by atoms with Crippen molar-refractivity contribution in [3.63, 3.8) is 0 Å². The Hall–Kier alpha value is -1.57. The maximum Gasteiger partial charge on any atom is 0.241 e. The number of hydrogen-bond acceptors (Lipinski definition) is 3. The van der Waals surface area contributed by atoms with Gasteiger partial charge in [-0.15, -0.1) is 0 Å². The molecule has 20 heavy (non-hydrogen) atoms. The standard InChI is InChI=1S/C15H18ClN3O/c1-2-10-5-6-18-14(8-10)15(20)19-13-4-3-11(9-17)7-12(13)16/h3-4,7,10,14,18H,2,5-6,8H2,1H3,(H,19,20). The van der Waals surface area contributed by atoms with Crippen LogP contribution in [0, 0.1) is 17.2 Å². The Balaban J connectivity index is 2.02. The lowest BCUT2D eigenvalue weighted by atomic mass is 9.90. The Morgan fingerprint density at radius 2 is 2.40 bits per heavy atom. The predicted octanol–water partition coefficient (Wildman–Crippen LogP) is 2.93. The van der Waals surface area contributed by atoms with Crippen LogP contribution in [-0.4, -0.2) is 18.5 Å². The van der Waals surface area contributed by atoms with Crippen LogP contribution in [0.15, 0.2) is 18.2 Å². The summed E-state index contributed by atoms with van der Waals surface area (Å²) in [7, 11) is 0. The van der Waals surface area contributed by atoms with Gasteiger partial charge in [0.1, 0.15) is 0 Å². The first-order valence-electron chi connectivity index (χ1n) is 6.88. The van der Waals surface area contributed by atoms with Gasteiger partial charge in [0.05, 0.1) is 28.4 Å². The van der Waals surface area contributed by atoms with E-state index in [0.29, 0.717) is 22.2 Å². The molecule has 2 N–H and O–H groups in total. The van der Waals surface area contributed by atoms with Crippen molar-refractivity contribution in [1.82, 2.24) is 5.32 Å². The molecule has 1 heterocycles. The molecule has 5 heteroatoms. The first-order chi connectivity index (χ1) is 9.63. The van der Waals surface area contributed by atoms with Gasteiger partial charge in [-0.2, -0.15) is 5.26 Å². The lowest BCUT2D eigenvalue weighted by Crippen LogP contribution is -2.46. The van der Waals surface area contributed by atoms with Crippen molar-refractivity contribution in [3.05, 3.63) is 28.8 Å². The number of carbonyl (C=O) groups is 1. The molecule has 1 amide bonds. The fourth-order valence-electron chi connectivity index (χ4n) is 2.47. The molecular formula is C15H18ClN3O. The smallest absolute Gasteiger partial charge is 0.241 e. The Labute approximate surface area is 124 Å². The van der Waals surface area contributed by atoms with E-state index in [-0.39, 0.29) is 11.9 Å². The molecule has 0 aromatic heterocycles. The normalized spacial score (nSPS) is 22.1. The summed E-state index contributed by atoms with van der Waals surface area (Å²) in [6.45, 7) is 3.03. The highest BCUT2D eigenvalue weighted by Crippen LogP contribution is 2.24. The molecule has 1 aliphatic rings. The molecule has 4 nitrogen and oxygen atoms in total. The van der Waals surface area contributed by atoms with Gasteiger partial charge in [-0.25, -0.2) is 0 Å². The summed E-state index contributed by atoms with van der Waals surface area (Å²) in [5.74, 6) is 0.540. The minimum Gasteiger partial charge on any atom is -0.323 e. The van der Waals surface area contributed by atoms with Gasteiger partial charge < -0.3 is 10.6 Å². The van der Waals surface area contributed by atoms with Crippen molar-refractivity contribution in [3.8, 4) is 6.07 Å². The summed E-state index contributed by atoms with van der Waals surface area (Å²) < 4.78 is 0. The zero-order valence-electron chi connectivity index (χ0n) is 11.4. The van der Waals surface area contributed by atoms with E-state index < -0.39 is 0 Å². The highest BCUT2D eigenvalue weighted by molar-refractivity contribution is 6.33. The fraction of sp³-hybridized carbons (Fsp3) is 0.467. The molecule has 0 saturated carbocycles. The Morgan fingerprint density at radius 1 is 1.60 bits per heavy atom. The predicted molar refractivity (Wildman–Crippen MR) is 79.6 cm³/mol. The molecule has 1 aliphatic heterocycles. The minimum atomic E-state index is -0.166. The van der Waals surface area contributed by atoms with Gasteiger partial charge >= 0.3 is 0 Å². The SMILES string of the molecule is CCC1CCNC(C(=O)Nc2ccc(C#N)cc2Cl)C1. The topological polar surface area (TPSA) is 64.9 Å². The summed E-state index contributed by atoms with van der Waals surface area (Å²) in [5.41, 5.74) is 1.03. The number of carbonyl (C=O) groups excluding carboxylic acids is 1. The van der Waals surface area contributed by atoms with Crippen LogP contribution in [0.5, 0.6) is 0 Å². The number of nitrogens with one attached hydrogen (secondary N) is 2. The van der Waals surface area contributed by atoms with E-state index in [1.165, 1.54) is 0 Å². The molecule has 1 aromatic rings. The van der Waals surface area contributed by atoms with Crippen LogP contribution < -0.4 is 10.6 Å². The molecule has 1 aromatic carbocycles. The molecule has 2 rings (SSSR count). The van der Waals surface area contributed by atoms with Crippen LogP contribution in [-0.2, 0) is 4.79 Å². The van der Waals surface area contributed by atoms with Gasteiger partial charge in [0.25, 0.3) is 0 Å². The average molecular weight is 292 g/mol. The van der Waals surface area contributed by atoms with E-state index in [4.69, 9.17) is 16.9 Å². The van der Waals surface area contributed by atoms with Crippen molar-refractivity contribution >= 4 is 23.2 Å². The number of anilines is 1. The quantitative estimate of drug-likeness (QED) is 0.900. The second-order valence-corrected chi connectivity index (χ2v) is 5.51. The van der Waals surface area contributed by atoms with Gasteiger partial charge in [-0.1, -0.05) is 24.9 Å². The zero-order chi connectivity index (χ0) is 14.5. The van der Waals surface area contributed by atoms with Crippen LogP contribution in [0.3, 0.4) is 0 Å². The van der Waals surface area contributed by atoms with Crippen LogP contribution in [0.1, 0.15) is 31.7 Å². The van der Waals surface area contributed by atoms with Gasteiger partial charge in [-0.3, -0.25) is 4.79 Å². The van der Waals surface area contributed by atoms with Crippen molar-refractivity contribution in [1.29, 1.82) is 5.26 Å². The zero-order valence-corrected chi connectivity index (χ0v) is 12.2. The molecule has 2 atom stereocenters. The molecule has 0 bridgehead atoms. The summed E-state index contributed by atoms with van der Waals surface area (Å²) in [4.78, 5) is 12.2. The average Bonchev–Trinajstić information content (AvgIpc) is 2.49. The number of nitriles is 1. The summed E-state index contributed by atoms with van der Waals surface area (Å²) in [6.07, 6.45) is 3.08. The van der Waals surface area contributed by atoms with Crippen LogP contribution >= 0.6 is 11.6 Å². The lowest BCUT2D eigenvalue weighted by molar-refractivity contribution is -0.119. The van der Waals surface area contributed by atoms with Gasteiger partial charge in [0.15, 0.2) is 0 Å². The first kappa shape index (κ1) is 14.8. The largest absolute Gasteiger partial charge is 0.323 e. The highest BCUT2D eigenvalue weighted by atomic mass is 35.5. The number of amides is 1. The lowest BCUT2D eigenvalue weighted by Gasteiger charge is -2.28. The molecular weight excluding hydrogens is 274 g/mol. The van der Waals surface area contributed by atoms with Crippen LogP contribution in [0.25, 0.3) is 0 Å². The van der Waals surface area contributed by atoms with Crippen molar-refractivity contribution in [2.24, 2.45) is 5.92 Å².